The van der Waals surface area contributed by atoms with Crippen LogP contribution in [0.4, 0.5) is 0 Å². The van der Waals surface area contributed by atoms with Crippen molar-refractivity contribution >= 4 is 17.2 Å². The zero-order valence-electron chi connectivity index (χ0n) is 14.5. The predicted molar refractivity (Wildman–Crippen MR) is 96.0 cm³/mol. The van der Waals surface area contributed by atoms with Crippen LogP contribution in [0.15, 0.2) is 17.6 Å². The maximum Gasteiger partial charge on any atom is 0.255 e. The summed E-state index contributed by atoms with van der Waals surface area (Å²) in [5.41, 5.74) is 2.84. The number of aryl methyl sites for hydroxylation is 1. The third-order valence-corrected chi connectivity index (χ3v) is 6.34. The van der Waals surface area contributed by atoms with Gasteiger partial charge in [-0.05, 0) is 45.6 Å². The molecule has 5 nitrogen and oxygen atoms in total. The van der Waals surface area contributed by atoms with Crippen molar-refractivity contribution in [3.63, 3.8) is 0 Å². The number of aromatic nitrogens is 2. The molecule has 4 heterocycles. The molecular weight excluding hydrogens is 320 g/mol. The van der Waals surface area contributed by atoms with Gasteiger partial charge in [0.1, 0.15) is 0 Å². The third kappa shape index (κ3) is 2.58. The van der Waals surface area contributed by atoms with Crippen LogP contribution in [0.1, 0.15) is 47.4 Å². The fourth-order valence-electron chi connectivity index (χ4n) is 4.30. The Hall–Kier alpha value is -1.66. The Morgan fingerprint density at radius 1 is 1.33 bits per heavy atom. The van der Waals surface area contributed by atoms with Gasteiger partial charge in [0.15, 0.2) is 5.13 Å². The van der Waals surface area contributed by atoms with Gasteiger partial charge in [-0.3, -0.25) is 9.36 Å². The average Bonchev–Trinajstić information content (AvgIpc) is 3.26. The zero-order chi connectivity index (χ0) is 16.8. The summed E-state index contributed by atoms with van der Waals surface area (Å²) in [7, 11) is 1.97. The van der Waals surface area contributed by atoms with Gasteiger partial charge >= 0.3 is 0 Å². The lowest BCUT2D eigenvalue weighted by atomic mass is 9.98. The number of carbonyl (C=O) groups is 1. The number of fused-ring (bicyclic) bond motifs is 2. The average molecular weight is 344 g/mol. The molecule has 0 spiro atoms. The maximum atomic E-state index is 13.1. The molecule has 1 N–H and O–H groups in total. The third-order valence-electron chi connectivity index (χ3n) is 5.59. The quantitative estimate of drug-likeness (QED) is 0.931. The van der Waals surface area contributed by atoms with Crippen LogP contribution >= 0.6 is 11.3 Å². The molecule has 2 aromatic rings. The van der Waals surface area contributed by atoms with Crippen LogP contribution in [0.5, 0.6) is 0 Å². The lowest BCUT2D eigenvalue weighted by Gasteiger charge is -2.35. The molecule has 2 aliphatic heterocycles. The molecule has 2 aromatic heterocycles. The van der Waals surface area contributed by atoms with Gasteiger partial charge in [-0.25, -0.2) is 4.98 Å². The first-order chi connectivity index (χ1) is 11.5. The van der Waals surface area contributed by atoms with Crippen LogP contribution in [0.2, 0.25) is 0 Å². The van der Waals surface area contributed by atoms with Crippen molar-refractivity contribution in [2.45, 2.75) is 57.7 Å². The van der Waals surface area contributed by atoms with E-state index in [1.165, 1.54) is 12.8 Å². The van der Waals surface area contributed by atoms with Gasteiger partial charge in [0, 0.05) is 48.1 Å². The van der Waals surface area contributed by atoms with Crippen LogP contribution in [0.3, 0.4) is 0 Å². The Labute approximate surface area is 146 Å². The second-order valence-corrected chi connectivity index (χ2v) is 7.99. The Bertz CT molecular complexity index is 739. The molecule has 128 valence electrons. The first-order valence-electron chi connectivity index (χ1n) is 8.66. The number of nitrogens with one attached hydrogen (secondary N) is 1. The van der Waals surface area contributed by atoms with Gasteiger partial charge in [0.2, 0.25) is 0 Å². The molecule has 0 aliphatic carbocycles. The summed E-state index contributed by atoms with van der Waals surface area (Å²) in [6.07, 6.45) is 6.45. The van der Waals surface area contributed by atoms with Crippen molar-refractivity contribution in [3.8, 4) is 5.13 Å². The van der Waals surface area contributed by atoms with E-state index in [0.29, 0.717) is 18.1 Å². The molecule has 2 aliphatic rings. The molecule has 2 fully saturated rings. The van der Waals surface area contributed by atoms with E-state index < -0.39 is 0 Å². The van der Waals surface area contributed by atoms with Crippen molar-refractivity contribution in [2.75, 3.05) is 7.05 Å². The highest BCUT2D eigenvalue weighted by Crippen LogP contribution is 2.31. The second kappa shape index (κ2) is 6.01. The summed E-state index contributed by atoms with van der Waals surface area (Å²) in [5, 5.41) is 6.54. The monoisotopic (exact) mass is 344 g/mol. The van der Waals surface area contributed by atoms with Crippen molar-refractivity contribution in [3.05, 3.63) is 34.6 Å². The van der Waals surface area contributed by atoms with Crippen LogP contribution in [-0.2, 0) is 0 Å². The largest absolute Gasteiger partial charge is 0.339 e. The first-order valence-corrected chi connectivity index (χ1v) is 9.54. The minimum absolute atomic E-state index is 0.136. The molecule has 2 atom stereocenters. The Morgan fingerprint density at radius 2 is 2.04 bits per heavy atom. The van der Waals surface area contributed by atoms with Crippen molar-refractivity contribution < 1.29 is 4.79 Å². The molecule has 0 saturated carbocycles. The summed E-state index contributed by atoms with van der Waals surface area (Å²) in [5.74, 6) is 0.136. The number of hydrogen-bond acceptors (Lipinski definition) is 4. The van der Waals surface area contributed by atoms with Crippen LogP contribution in [0.25, 0.3) is 5.13 Å². The van der Waals surface area contributed by atoms with E-state index in [-0.39, 0.29) is 5.91 Å². The second-order valence-electron chi connectivity index (χ2n) is 7.11. The molecule has 2 saturated heterocycles. The number of hydrogen-bond donors (Lipinski definition) is 1. The lowest BCUT2D eigenvalue weighted by Crippen LogP contribution is -2.48. The lowest BCUT2D eigenvalue weighted by molar-refractivity contribution is 0.0681. The maximum absolute atomic E-state index is 13.1. The minimum Gasteiger partial charge on any atom is -0.339 e. The van der Waals surface area contributed by atoms with E-state index in [1.54, 1.807) is 17.5 Å². The standard InChI is InChI=1S/C18H24N4OS/c1-11-8-16(12(2)22(11)18-19-6-7-24-18)17(23)21(3)15-9-13-4-5-14(10-15)20-13/h6-8,13-15,20H,4-5,9-10H2,1-3H3. The Morgan fingerprint density at radius 3 is 2.67 bits per heavy atom. The molecule has 0 aromatic carbocycles. The number of amides is 1. The smallest absolute Gasteiger partial charge is 0.255 e. The SMILES string of the molecule is Cc1cc(C(=O)N(C)C2CC3CCC(C2)N3)c(C)n1-c1nccs1. The molecule has 2 bridgehead atoms. The van der Waals surface area contributed by atoms with Crippen molar-refractivity contribution in [1.82, 2.24) is 19.8 Å². The molecule has 0 radical (unpaired) electrons. The Kier molecular flexibility index (Phi) is 3.96. The van der Waals surface area contributed by atoms with Crippen molar-refractivity contribution in [1.29, 1.82) is 0 Å². The van der Waals surface area contributed by atoms with Gasteiger partial charge in [-0.2, -0.15) is 0 Å². The number of nitrogens with zero attached hydrogens (tertiary/aromatic N) is 3. The molecule has 24 heavy (non-hydrogen) atoms. The fourth-order valence-corrected chi connectivity index (χ4v) is 5.05. The van der Waals surface area contributed by atoms with E-state index in [0.717, 1.165) is 34.9 Å². The highest BCUT2D eigenvalue weighted by atomic mass is 32.1. The number of rotatable bonds is 3. The van der Waals surface area contributed by atoms with Crippen LogP contribution < -0.4 is 5.32 Å². The van der Waals surface area contributed by atoms with Gasteiger partial charge < -0.3 is 10.2 Å². The number of carbonyl (C=O) groups excluding carboxylic acids is 1. The highest BCUT2D eigenvalue weighted by molar-refractivity contribution is 7.12. The summed E-state index contributed by atoms with van der Waals surface area (Å²) in [6, 6.07) is 3.53. The normalized spacial score (nSPS) is 25.9. The number of piperidine rings is 1. The van der Waals surface area contributed by atoms with E-state index in [1.807, 2.05) is 37.2 Å². The zero-order valence-corrected chi connectivity index (χ0v) is 15.3. The molecule has 1 amide bonds. The van der Waals surface area contributed by atoms with E-state index in [2.05, 4.69) is 14.9 Å². The van der Waals surface area contributed by atoms with Gasteiger partial charge in [0.05, 0.1) is 5.56 Å². The highest BCUT2D eigenvalue weighted by Gasteiger charge is 2.37. The van der Waals surface area contributed by atoms with Crippen molar-refractivity contribution in [2.24, 2.45) is 0 Å². The minimum atomic E-state index is 0.136. The molecule has 2 unspecified atom stereocenters. The molecular formula is C18H24N4OS. The van der Waals surface area contributed by atoms with Gasteiger partial charge in [0.25, 0.3) is 5.91 Å². The topological polar surface area (TPSA) is 50.2 Å². The fraction of sp³-hybridized carbons (Fsp3) is 0.556. The van der Waals surface area contributed by atoms with Crippen LogP contribution in [-0.4, -0.2) is 45.5 Å². The van der Waals surface area contributed by atoms with E-state index in [4.69, 9.17) is 0 Å². The molecule has 4 rings (SSSR count). The summed E-state index contributed by atoms with van der Waals surface area (Å²) in [4.78, 5) is 19.5. The summed E-state index contributed by atoms with van der Waals surface area (Å²) >= 11 is 1.59. The van der Waals surface area contributed by atoms with Gasteiger partial charge in [-0.15, -0.1) is 11.3 Å². The summed E-state index contributed by atoms with van der Waals surface area (Å²) in [6.45, 7) is 4.05. The van der Waals surface area contributed by atoms with E-state index in [9.17, 15) is 4.79 Å². The first kappa shape index (κ1) is 15.8. The van der Waals surface area contributed by atoms with Gasteiger partial charge in [-0.1, -0.05) is 0 Å². The van der Waals surface area contributed by atoms with Crippen LogP contribution in [0, 0.1) is 13.8 Å². The predicted octanol–water partition coefficient (Wildman–Crippen LogP) is 2.91. The molecule has 6 heteroatoms. The summed E-state index contributed by atoms with van der Waals surface area (Å²) < 4.78 is 2.08. The Balaban J connectivity index is 1.59. The van der Waals surface area contributed by atoms with E-state index >= 15 is 0 Å². The number of thiazole rings is 1.